The molecular weight excluding hydrogens is 290 g/mol. The summed E-state index contributed by atoms with van der Waals surface area (Å²) in [7, 11) is 0. The third-order valence-corrected chi connectivity index (χ3v) is 4.43. The van der Waals surface area contributed by atoms with E-state index in [9.17, 15) is 9.59 Å². The number of hydrogen-bond acceptors (Lipinski definition) is 5. The third-order valence-electron chi connectivity index (χ3n) is 3.52. The molecule has 0 saturated heterocycles. The van der Waals surface area contributed by atoms with E-state index in [4.69, 9.17) is 5.11 Å². The average molecular weight is 311 g/mol. The Morgan fingerprint density at radius 2 is 2.10 bits per heavy atom. The standard InChI is InChI=1S/C14H21N3O3S/c1-2-3-13-17-11(8-21-13)14(20)16-10-5-4-9(6-10)15-12(19)7-18/h8-10,18H,2-7H2,1H3,(H,15,19)(H,16,20)/t9-,10+/m0/s1. The molecule has 116 valence electrons. The lowest BCUT2D eigenvalue weighted by Gasteiger charge is -2.13. The fourth-order valence-corrected chi connectivity index (χ4v) is 3.40. The highest BCUT2D eigenvalue weighted by Gasteiger charge is 2.27. The van der Waals surface area contributed by atoms with Gasteiger partial charge in [0.05, 0.1) is 5.01 Å². The van der Waals surface area contributed by atoms with Crippen LogP contribution in [0.2, 0.25) is 0 Å². The zero-order valence-electron chi connectivity index (χ0n) is 12.1. The van der Waals surface area contributed by atoms with Gasteiger partial charge < -0.3 is 15.7 Å². The number of thiazole rings is 1. The Kier molecular flexibility index (Phi) is 5.69. The summed E-state index contributed by atoms with van der Waals surface area (Å²) < 4.78 is 0. The average Bonchev–Trinajstić information content (AvgIpc) is 3.09. The summed E-state index contributed by atoms with van der Waals surface area (Å²) in [6.45, 7) is 1.59. The number of aryl methyl sites for hydroxylation is 1. The van der Waals surface area contributed by atoms with Gasteiger partial charge in [0.1, 0.15) is 12.3 Å². The Balaban J connectivity index is 1.81. The highest BCUT2D eigenvalue weighted by Crippen LogP contribution is 2.20. The van der Waals surface area contributed by atoms with Gasteiger partial charge in [-0.15, -0.1) is 11.3 Å². The smallest absolute Gasteiger partial charge is 0.270 e. The SMILES string of the molecule is CCCc1nc(C(=O)N[C@@H]2CC[C@H](NC(=O)CO)C2)cs1. The Morgan fingerprint density at radius 3 is 2.76 bits per heavy atom. The van der Waals surface area contributed by atoms with Crippen LogP contribution in [0, 0.1) is 0 Å². The van der Waals surface area contributed by atoms with Gasteiger partial charge in [-0.25, -0.2) is 4.98 Å². The molecule has 0 aliphatic heterocycles. The number of hydrogen-bond donors (Lipinski definition) is 3. The molecule has 0 unspecified atom stereocenters. The van der Waals surface area contributed by atoms with Crippen molar-refractivity contribution in [3.05, 3.63) is 16.1 Å². The van der Waals surface area contributed by atoms with E-state index in [1.165, 1.54) is 11.3 Å². The fraction of sp³-hybridized carbons (Fsp3) is 0.643. The van der Waals surface area contributed by atoms with Crippen molar-refractivity contribution in [3.63, 3.8) is 0 Å². The van der Waals surface area contributed by atoms with Crippen LogP contribution in [-0.4, -0.2) is 40.6 Å². The van der Waals surface area contributed by atoms with Crippen LogP contribution in [-0.2, 0) is 11.2 Å². The van der Waals surface area contributed by atoms with Gasteiger partial charge >= 0.3 is 0 Å². The first kappa shape index (κ1) is 15.9. The zero-order chi connectivity index (χ0) is 15.2. The van der Waals surface area contributed by atoms with Crippen LogP contribution in [0.5, 0.6) is 0 Å². The molecule has 2 rings (SSSR count). The number of rotatable bonds is 6. The van der Waals surface area contributed by atoms with Crippen molar-refractivity contribution in [1.29, 1.82) is 0 Å². The minimum absolute atomic E-state index is 0.0287. The van der Waals surface area contributed by atoms with Gasteiger partial charge in [0.15, 0.2) is 0 Å². The van der Waals surface area contributed by atoms with Gasteiger partial charge in [0.25, 0.3) is 5.91 Å². The maximum atomic E-state index is 12.1. The molecule has 1 aliphatic rings. The first-order valence-electron chi connectivity index (χ1n) is 7.27. The molecule has 1 fully saturated rings. The van der Waals surface area contributed by atoms with Crippen LogP contribution in [0.4, 0.5) is 0 Å². The lowest BCUT2D eigenvalue weighted by atomic mass is 10.2. The lowest BCUT2D eigenvalue weighted by Crippen LogP contribution is -2.38. The minimum atomic E-state index is -0.493. The van der Waals surface area contributed by atoms with Gasteiger partial charge in [-0.05, 0) is 32.1 Å². The van der Waals surface area contributed by atoms with Gasteiger partial charge in [-0.1, -0.05) is 6.92 Å². The first-order valence-corrected chi connectivity index (χ1v) is 8.15. The summed E-state index contributed by atoms with van der Waals surface area (Å²) in [5.74, 6) is -0.511. The Hall–Kier alpha value is -1.47. The van der Waals surface area contributed by atoms with E-state index in [0.717, 1.165) is 30.7 Å². The number of aromatic nitrogens is 1. The zero-order valence-corrected chi connectivity index (χ0v) is 12.9. The molecule has 21 heavy (non-hydrogen) atoms. The molecule has 0 radical (unpaired) electrons. The topological polar surface area (TPSA) is 91.3 Å². The monoisotopic (exact) mass is 311 g/mol. The van der Waals surface area contributed by atoms with Crippen molar-refractivity contribution in [2.45, 2.75) is 51.1 Å². The van der Waals surface area contributed by atoms with Crippen LogP contribution in [0.3, 0.4) is 0 Å². The van der Waals surface area contributed by atoms with Crippen LogP contribution >= 0.6 is 11.3 Å². The maximum Gasteiger partial charge on any atom is 0.270 e. The fourth-order valence-electron chi connectivity index (χ4n) is 2.52. The number of carbonyl (C=O) groups is 2. The van der Waals surface area contributed by atoms with Gasteiger partial charge in [0, 0.05) is 17.5 Å². The molecule has 6 nitrogen and oxygen atoms in total. The quantitative estimate of drug-likeness (QED) is 0.726. The number of nitrogens with one attached hydrogen (secondary N) is 2. The van der Waals surface area contributed by atoms with E-state index in [2.05, 4.69) is 22.5 Å². The second kappa shape index (κ2) is 7.51. The van der Waals surface area contributed by atoms with E-state index in [-0.39, 0.29) is 23.9 Å². The molecule has 0 spiro atoms. The molecule has 0 bridgehead atoms. The van der Waals surface area contributed by atoms with E-state index in [1.807, 2.05) is 0 Å². The summed E-state index contributed by atoms with van der Waals surface area (Å²) in [4.78, 5) is 27.6. The third kappa shape index (κ3) is 4.50. The molecule has 2 atom stereocenters. The highest BCUT2D eigenvalue weighted by molar-refractivity contribution is 7.09. The van der Waals surface area contributed by atoms with Crippen molar-refractivity contribution >= 4 is 23.2 Å². The first-order chi connectivity index (χ1) is 10.1. The summed E-state index contributed by atoms with van der Waals surface area (Å²) in [6, 6.07) is 0.0823. The van der Waals surface area contributed by atoms with Crippen LogP contribution in [0.15, 0.2) is 5.38 Å². The van der Waals surface area contributed by atoms with Crippen LogP contribution < -0.4 is 10.6 Å². The summed E-state index contributed by atoms with van der Waals surface area (Å²) in [5.41, 5.74) is 0.478. The van der Waals surface area contributed by atoms with E-state index >= 15 is 0 Å². The maximum absolute atomic E-state index is 12.1. The van der Waals surface area contributed by atoms with Gasteiger partial charge in [-0.2, -0.15) is 0 Å². The van der Waals surface area contributed by atoms with Gasteiger partial charge in [0.2, 0.25) is 5.91 Å². The molecule has 3 N–H and O–H groups in total. The van der Waals surface area contributed by atoms with Crippen LogP contribution in [0.25, 0.3) is 0 Å². The normalized spacial score (nSPS) is 21.2. The van der Waals surface area contributed by atoms with E-state index in [0.29, 0.717) is 12.1 Å². The minimum Gasteiger partial charge on any atom is -0.387 e. The van der Waals surface area contributed by atoms with E-state index in [1.54, 1.807) is 5.38 Å². The number of carbonyl (C=O) groups excluding carboxylic acids is 2. The van der Waals surface area contributed by atoms with Crippen molar-refractivity contribution in [2.75, 3.05) is 6.61 Å². The van der Waals surface area contributed by atoms with Crippen molar-refractivity contribution < 1.29 is 14.7 Å². The molecule has 1 aromatic rings. The number of nitrogens with zero attached hydrogens (tertiary/aromatic N) is 1. The molecular formula is C14H21N3O3S. The summed E-state index contributed by atoms with van der Waals surface area (Å²) >= 11 is 1.52. The number of aliphatic hydroxyl groups excluding tert-OH is 1. The summed E-state index contributed by atoms with van der Waals surface area (Å²) in [5, 5.41) is 17.2. The molecule has 1 heterocycles. The van der Waals surface area contributed by atoms with E-state index < -0.39 is 6.61 Å². The van der Waals surface area contributed by atoms with Crippen molar-refractivity contribution in [1.82, 2.24) is 15.6 Å². The Labute approximate surface area is 128 Å². The molecule has 2 amide bonds. The summed E-state index contributed by atoms with van der Waals surface area (Å²) in [6.07, 6.45) is 4.26. The number of aliphatic hydroxyl groups is 1. The highest BCUT2D eigenvalue weighted by atomic mass is 32.1. The Bertz CT molecular complexity index is 503. The molecule has 1 aromatic heterocycles. The lowest BCUT2D eigenvalue weighted by molar-refractivity contribution is -0.124. The second-order valence-electron chi connectivity index (χ2n) is 5.28. The number of amides is 2. The van der Waals surface area contributed by atoms with Crippen molar-refractivity contribution in [3.8, 4) is 0 Å². The van der Waals surface area contributed by atoms with Crippen LogP contribution in [0.1, 0.15) is 48.1 Å². The molecule has 7 heteroatoms. The second-order valence-corrected chi connectivity index (χ2v) is 6.23. The molecule has 1 aliphatic carbocycles. The Morgan fingerprint density at radius 1 is 1.38 bits per heavy atom. The molecule has 0 aromatic carbocycles. The van der Waals surface area contributed by atoms with Crippen molar-refractivity contribution in [2.24, 2.45) is 0 Å². The molecule has 1 saturated carbocycles. The predicted molar refractivity (Wildman–Crippen MR) is 80.2 cm³/mol. The predicted octanol–water partition coefficient (Wildman–Crippen LogP) is 0.855. The van der Waals surface area contributed by atoms with Gasteiger partial charge in [-0.3, -0.25) is 9.59 Å². The largest absolute Gasteiger partial charge is 0.387 e.